The van der Waals surface area contributed by atoms with Crippen LogP contribution in [0.5, 0.6) is 5.75 Å². The predicted molar refractivity (Wildman–Crippen MR) is 68.4 cm³/mol. The number of hydrogen-bond donors (Lipinski definition) is 3. The third kappa shape index (κ3) is 3.66. The molecule has 0 radical (unpaired) electrons. The van der Waals surface area contributed by atoms with E-state index in [-0.39, 0.29) is 22.8 Å². The number of nitrogens with one attached hydrogen (secondary N) is 1. The van der Waals surface area contributed by atoms with Gasteiger partial charge in [-0.15, -0.1) is 0 Å². The zero-order valence-corrected chi connectivity index (χ0v) is 11.4. The van der Waals surface area contributed by atoms with E-state index in [1.807, 2.05) is 0 Å². The molecule has 1 amide bonds. The maximum absolute atomic E-state index is 12.0. The molecular formula is C11H16N2O5S. The van der Waals surface area contributed by atoms with Gasteiger partial charge in [0.25, 0.3) is 5.91 Å². The van der Waals surface area contributed by atoms with Crippen molar-refractivity contribution in [2.75, 3.05) is 13.7 Å². The Morgan fingerprint density at radius 2 is 2.16 bits per heavy atom. The standard InChI is InChI=1S/C11H16N2O5S/c1-7(6-14)13-19(16,17)8-3-4-10(18-2)9(5-8)11(12)15/h3-5,7,13-14H,6H2,1-2H3,(H2,12,15)/t7-/m0/s1. The third-order valence-electron chi connectivity index (χ3n) is 2.38. The lowest BCUT2D eigenvalue weighted by molar-refractivity contribution is 0.0997. The van der Waals surface area contributed by atoms with Gasteiger partial charge in [0.1, 0.15) is 5.75 Å². The number of hydrogen-bond acceptors (Lipinski definition) is 5. The number of sulfonamides is 1. The van der Waals surface area contributed by atoms with E-state index in [9.17, 15) is 13.2 Å². The number of nitrogens with two attached hydrogens (primary N) is 1. The van der Waals surface area contributed by atoms with Crippen LogP contribution in [0.15, 0.2) is 23.1 Å². The summed E-state index contributed by atoms with van der Waals surface area (Å²) in [6.45, 7) is 1.17. The molecule has 0 heterocycles. The van der Waals surface area contributed by atoms with Crippen molar-refractivity contribution >= 4 is 15.9 Å². The van der Waals surface area contributed by atoms with Crippen LogP contribution < -0.4 is 15.2 Å². The van der Waals surface area contributed by atoms with Gasteiger partial charge >= 0.3 is 0 Å². The molecule has 0 unspecified atom stereocenters. The number of amides is 1. The number of primary amides is 1. The molecule has 0 spiro atoms. The third-order valence-corrected chi connectivity index (χ3v) is 3.96. The van der Waals surface area contributed by atoms with Crippen LogP contribution in [0.3, 0.4) is 0 Å². The topological polar surface area (TPSA) is 119 Å². The van der Waals surface area contributed by atoms with Crippen molar-refractivity contribution in [2.45, 2.75) is 17.9 Å². The van der Waals surface area contributed by atoms with Gasteiger partial charge in [-0.2, -0.15) is 0 Å². The molecular weight excluding hydrogens is 272 g/mol. The number of ether oxygens (including phenoxy) is 1. The van der Waals surface area contributed by atoms with Crippen LogP contribution in [0.2, 0.25) is 0 Å². The van der Waals surface area contributed by atoms with Crippen LogP contribution >= 0.6 is 0 Å². The van der Waals surface area contributed by atoms with Crippen LogP contribution in [0.4, 0.5) is 0 Å². The van der Waals surface area contributed by atoms with Gasteiger partial charge in [-0.1, -0.05) is 0 Å². The van der Waals surface area contributed by atoms with Gasteiger partial charge in [0.15, 0.2) is 0 Å². The smallest absolute Gasteiger partial charge is 0.252 e. The number of aliphatic hydroxyl groups excluding tert-OH is 1. The number of carbonyl (C=O) groups is 1. The Hall–Kier alpha value is -1.64. The summed E-state index contributed by atoms with van der Waals surface area (Å²) in [5, 5.41) is 8.85. The highest BCUT2D eigenvalue weighted by atomic mass is 32.2. The minimum absolute atomic E-state index is 0.0259. The molecule has 106 valence electrons. The Bertz CT molecular complexity index is 570. The van der Waals surface area contributed by atoms with Crippen molar-refractivity contribution in [1.29, 1.82) is 0 Å². The monoisotopic (exact) mass is 288 g/mol. The number of carbonyl (C=O) groups excluding carboxylic acids is 1. The van der Waals surface area contributed by atoms with Crippen molar-refractivity contribution < 1.29 is 23.1 Å². The average Bonchev–Trinajstić information content (AvgIpc) is 2.37. The number of aliphatic hydroxyl groups is 1. The summed E-state index contributed by atoms with van der Waals surface area (Å²) >= 11 is 0. The van der Waals surface area contributed by atoms with E-state index < -0.39 is 22.0 Å². The second kappa shape index (κ2) is 6.00. The lowest BCUT2D eigenvalue weighted by Crippen LogP contribution is -2.35. The summed E-state index contributed by atoms with van der Waals surface area (Å²) in [5.41, 5.74) is 5.13. The maximum Gasteiger partial charge on any atom is 0.252 e. The molecule has 1 atom stereocenters. The molecule has 0 aliphatic rings. The van der Waals surface area contributed by atoms with Crippen LogP contribution in [-0.2, 0) is 10.0 Å². The first kappa shape index (κ1) is 15.4. The number of methoxy groups -OCH3 is 1. The van der Waals surface area contributed by atoms with Crippen molar-refractivity contribution in [3.63, 3.8) is 0 Å². The SMILES string of the molecule is COc1ccc(S(=O)(=O)N[C@@H](C)CO)cc1C(N)=O. The Labute approximate surface area is 111 Å². The van der Waals surface area contributed by atoms with Gasteiger partial charge in [0, 0.05) is 6.04 Å². The fraction of sp³-hybridized carbons (Fsp3) is 0.364. The molecule has 19 heavy (non-hydrogen) atoms. The minimum atomic E-state index is -3.83. The zero-order valence-electron chi connectivity index (χ0n) is 10.6. The first-order chi connectivity index (χ1) is 8.81. The Kier molecular flexibility index (Phi) is 4.87. The first-order valence-electron chi connectivity index (χ1n) is 5.43. The van der Waals surface area contributed by atoms with E-state index >= 15 is 0 Å². The van der Waals surface area contributed by atoms with E-state index in [0.29, 0.717) is 0 Å². The van der Waals surface area contributed by atoms with Crippen molar-refractivity contribution in [3.05, 3.63) is 23.8 Å². The van der Waals surface area contributed by atoms with Gasteiger partial charge in [0.2, 0.25) is 10.0 Å². The summed E-state index contributed by atoms with van der Waals surface area (Å²) in [7, 11) is -2.48. The number of benzene rings is 1. The van der Waals surface area contributed by atoms with Crippen LogP contribution in [0, 0.1) is 0 Å². The molecule has 0 aliphatic heterocycles. The highest BCUT2D eigenvalue weighted by Gasteiger charge is 2.20. The van der Waals surface area contributed by atoms with Crippen LogP contribution in [0.25, 0.3) is 0 Å². The summed E-state index contributed by atoms with van der Waals surface area (Å²) in [4.78, 5) is 11.1. The minimum Gasteiger partial charge on any atom is -0.496 e. The first-order valence-corrected chi connectivity index (χ1v) is 6.91. The summed E-state index contributed by atoms with van der Waals surface area (Å²) in [6, 6.07) is 3.13. The molecule has 4 N–H and O–H groups in total. The van der Waals surface area contributed by atoms with Gasteiger partial charge in [-0.05, 0) is 25.1 Å². The normalized spacial score (nSPS) is 13.0. The summed E-state index contributed by atoms with van der Waals surface area (Å²) < 4.78 is 31.1. The fourth-order valence-corrected chi connectivity index (χ4v) is 2.68. The van der Waals surface area contributed by atoms with Crippen molar-refractivity contribution in [2.24, 2.45) is 5.73 Å². The summed E-state index contributed by atoms with van der Waals surface area (Å²) in [6.07, 6.45) is 0. The van der Waals surface area contributed by atoms with E-state index in [1.165, 1.54) is 26.2 Å². The molecule has 0 saturated heterocycles. The Morgan fingerprint density at radius 3 is 2.63 bits per heavy atom. The molecule has 1 aromatic rings. The van der Waals surface area contributed by atoms with E-state index in [1.54, 1.807) is 0 Å². The Balaban J connectivity index is 3.22. The maximum atomic E-state index is 12.0. The lowest BCUT2D eigenvalue weighted by atomic mass is 10.2. The van der Waals surface area contributed by atoms with E-state index in [2.05, 4.69) is 4.72 Å². The second-order valence-electron chi connectivity index (χ2n) is 3.93. The average molecular weight is 288 g/mol. The predicted octanol–water partition coefficient (Wildman–Crippen LogP) is -0.547. The molecule has 0 aliphatic carbocycles. The number of rotatable bonds is 6. The summed E-state index contributed by atoms with van der Waals surface area (Å²) in [5.74, 6) is -0.592. The highest BCUT2D eigenvalue weighted by Crippen LogP contribution is 2.22. The van der Waals surface area contributed by atoms with E-state index in [0.717, 1.165) is 6.07 Å². The van der Waals surface area contributed by atoms with Gasteiger partial charge in [-0.25, -0.2) is 13.1 Å². The zero-order chi connectivity index (χ0) is 14.6. The van der Waals surface area contributed by atoms with Crippen LogP contribution in [0.1, 0.15) is 17.3 Å². The van der Waals surface area contributed by atoms with Crippen molar-refractivity contribution in [3.8, 4) is 5.75 Å². The molecule has 0 bridgehead atoms. The highest BCUT2D eigenvalue weighted by molar-refractivity contribution is 7.89. The van der Waals surface area contributed by atoms with Gasteiger partial charge in [0.05, 0.1) is 24.2 Å². The fourth-order valence-electron chi connectivity index (χ4n) is 1.42. The Morgan fingerprint density at radius 1 is 1.53 bits per heavy atom. The quantitative estimate of drug-likeness (QED) is 0.649. The van der Waals surface area contributed by atoms with E-state index in [4.69, 9.17) is 15.6 Å². The molecule has 0 saturated carbocycles. The van der Waals surface area contributed by atoms with Crippen LogP contribution in [-0.4, -0.2) is 39.2 Å². The molecule has 7 nitrogen and oxygen atoms in total. The largest absolute Gasteiger partial charge is 0.496 e. The van der Waals surface area contributed by atoms with Gasteiger partial charge < -0.3 is 15.6 Å². The molecule has 1 aromatic carbocycles. The van der Waals surface area contributed by atoms with Crippen molar-refractivity contribution in [1.82, 2.24) is 4.72 Å². The molecule has 1 rings (SSSR count). The molecule has 8 heteroatoms. The molecule has 0 fully saturated rings. The molecule has 0 aromatic heterocycles. The lowest BCUT2D eigenvalue weighted by Gasteiger charge is -2.13. The second-order valence-corrected chi connectivity index (χ2v) is 5.65. The van der Waals surface area contributed by atoms with Gasteiger partial charge in [-0.3, -0.25) is 4.79 Å².